The van der Waals surface area contributed by atoms with Crippen LogP contribution in [0.5, 0.6) is 0 Å². The molecule has 2 saturated heterocycles. The molecular formula is C20H20N4O2S. The van der Waals surface area contributed by atoms with Gasteiger partial charge in [-0.25, -0.2) is 4.68 Å². The minimum absolute atomic E-state index is 0.0179. The standard InChI is InChI=1S/C20H20N4O2S/c1-12-15-10-17(27-20(15)24(22-12)13-6-3-2-4-7-13)19(26)23-9-5-8-14-16(23)11-21-18(14)25/h2-4,6-7,10,14,16H,5,8-9,11H2,1H3,(H,21,25)/t14-,16+/m1/s1. The molecule has 3 aromatic rings. The van der Waals surface area contributed by atoms with E-state index in [9.17, 15) is 9.59 Å². The third-order valence-electron chi connectivity index (χ3n) is 5.62. The number of benzene rings is 1. The second-order valence-electron chi connectivity index (χ2n) is 7.22. The number of hydrogen-bond donors (Lipinski definition) is 1. The Morgan fingerprint density at radius 3 is 2.93 bits per heavy atom. The predicted octanol–water partition coefficient (Wildman–Crippen LogP) is 2.75. The van der Waals surface area contributed by atoms with Crippen molar-refractivity contribution >= 4 is 33.4 Å². The normalized spacial score (nSPS) is 22.1. The Hall–Kier alpha value is -2.67. The zero-order chi connectivity index (χ0) is 18.5. The summed E-state index contributed by atoms with van der Waals surface area (Å²) in [7, 11) is 0. The molecule has 6 nitrogen and oxygen atoms in total. The number of fused-ring (bicyclic) bond motifs is 2. The SMILES string of the molecule is Cc1nn(-c2ccccc2)c2sc(C(=O)N3CCC[C@H]4C(=O)NC[C@@H]43)cc12. The average Bonchev–Trinajstić information content (AvgIpc) is 3.37. The van der Waals surface area contributed by atoms with Crippen LogP contribution < -0.4 is 5.32 Å². The van der Waals surface area contributed by atoms with Gasteiger partial charge in [-0.1, -0.05) is 18.2 Å². The number of amides is 2. The Morgan fingerprint density at radius 1 is 1.30 bits per heavy atom. The van der Waals surface area contributed by atoms with Gasteiger partial charge in [-0.15, -0.1) is 11.3 Å². The minimum Gasteiger partial charge on any atom is -0.354 e. The second-order valence-corrected chi connectivity index (χ2v) is 8.25. The van der Waals surface area contributed by atoms with Crippen LogP contribution in [0.2, 0.25) is 0 Å². The summed E-state index contributed by atoms with van der Waals surface area (Å²) < 4.78 is 1.91. The number of nitrogens with one attached hydrogen (secondary N) is 1. The van der Waals surface area contributed by atoms with Crippen LogP contribution >= 0.6 is 11.3 Å². The molecule has 2 amide bonds. The molecule has 2 fully saturated rings. The molecule has 138 valence electrons. The Bertz CT molecular complexity index is 1040. The molecule has 5 rings (SSSR count). The second kappa shape index (κ2) is 6.20. The molecule has 0 unspecified atom stereocenters. The van der Waals surface area contributed by atoms with Crippen LogP contribution in [0.3, 0.4) is 0 Å². The minimum atomic E-state index is -0.0568. The van der Waals surface area contributed by atoms with Crippen molar-refractivity contribution in [1.82, 2.24) is 20.0 Å². The third kappa shape index (κ3) is 2.56. The van der Waals surface area contributed by atoms with Crippen LogP contribution in [0, 0.1) is 12.8 Å². The molecule has 1 aromatic carbocycles. The fraction of sp³-hybridized carbons (Fsp3) is 0.350. The quantitative estimate of drug-likeness (QED) is 0.743. The van der Waals surface area contributed by atoms with Crippen LogP contribution in [0.15, 0.2) is 36.4 Å². The summed E-state index contributed by atoms with van der Waals surface area (Å²) in [4.78, 5) is 28.8. The van der Waals surface area contributed by atoms with E-state index < -0.39 is 0 Å². The van der Waals surface area contributed by atoms with Crippen molar-refractivity contribution in [2.24, 2.45) is 5.92 Å². The molecule has 0 bridgehead atoms. The third-order valence-corrected chi connectivity index (χ3v) is 6.72. The van der Waals surface area contributed by atoms with Crippen LogP contribution in [0.25, 0.3) is 15.9 Å². The number of likely N-dealkylation sites (tertiary alicyclic amines) is 1. The van der Waals surface area contributed by atoms with Crippen molar-refractivity contribution in [3.8, 4) is 5.69 Å². The number of aryl methyl sites for hydroxylation is 1. The summed E-state index contributed by atoms with van der Waals surface area (Å²) in [5.74, 6) is 0.0597. The first kappa shape index (κ1) is 16.5. The highest BCUT2D eigenvalue weighted by molar-refractivity contribution is 7.20. The summed E-state index contributed by atoms with van der Waals surface area (Å²) in [5.41, 5.74) is 1.90. The fourth-order valence-electron chi connectivity index (χ4n) is 4.24. The Morgan fingerprint density at radius 2 is 2.11 bits per heavy atom. The molecule has 27 heavy (non-hydrogen) atoms. The summed E-state index contributed by atoms with van der Waals surface area (Å²) >= 11 is 1.48. The number of carbonyl (C=O) groups excluding carboxylic acids is 2. The highest BCUT2D eigenvalue weighted by Gasteiger charge is 2.43. The molecule has 0 saturated carbocycles. The predicted molar refractivity (Wildman–Crippen MR) is 104 cm³/mol. The van der Waals surface area contributed by atoms with E-state index >= 15 is 0 Å². The van der Waals surface area contributed by atoms with E-state index in [-0.39, 0.29) is 23.8 Å². The summed E-state index contributed by atoms with van der Waals surface area (Å²) in [6, 6.07) is 11.9. The first-order chi connectivity index (χ1) is 13.1. The van der Waals surface area contributed by atoms with E-state index in [4.69, 9.17) is 0 Å². The van der Waals surface area contributed by atoms with Crippen LogP contribution in [0.4, 0.5) is 0 Å². The van der Waals surface area contributed by atoms with Gasteiger partial charge in [0.1, 0.15) is 4.83 Å². The molecule has 2 aromatic heterocycles. The van der Waals surface area contributed by atoms with Crippen molar-refractivity contribution in [3.05, 3.63) is 47.0 Å². The van der Waals surface area contributed by atoms with E-state index in [0.29, 0.717) is 13.1 Å². The van der Waals surface area contributed by atoms with Crippen LogP contribution in [-0.2, 0) is 4.79 Å². The highest BCUT2D eigenvalue weighted by atomic mass is 32.1. The maximum Gasteiger partial charge on any atom is 0.264 e. The van der Waals surface area contributed by atoms with E-state index in [1.807, 2.05) is 52.9 Å². The first-order valence-electron chi connectivity index (χ1n) is 9.27. The number of carbonyl (C=O) groups is 2. The number of thiophene rings is 1. The summed E-state index contributed by atoms with van der Waals surface area (Å²) in [6.45, 7) is 3.25. The summed E-state index contributed by atoms with van der Waals surface area (Å²) in [6.07, 6.45) is 1.75. The smallest absolute Gasteiger partial charge is 0.264 e. The first-order valence-corrected chi connectivity index (χ1v) is 10.1. The van der Waals surface area contributed by atoms with Crippen molar-refractivity contribution in [2.75, 3.05) is 13.1 Å². The highest BCUT2D eigenvalue weighted by Crippen LogP contribution is 2.34. The Labute approximate surface area is 160 Å². The van der Waals surface area contributed by atoms with Crippen molar-refractivity contribution in [1.29, 1.82) is 0 Å². The van der Waals surface area contributed by atoms with Gasteiger partial charge in [-0.2, -0.15) is 5.10 Å². The lowest BCUT2D eigenvalue weighted by Crippen LogP contribution is -2.48. The molecular weight excluding hydrogens is 360 g/mol. The van der Waals surface area contributed by atoms with E-state index in [2.05, 4.69) is 10.4 Å². The molecule has 2 aliphatic heterocycles. The number of hydrogen-bond acceptors (Lipinski definition) is 4. The average molecular weight is 380 g/mol. The molecule has 2 atom stereocenters. The lowest BCUT2D eigenvalue weighted by molar-refractivity contribution is -0.123. The molecule has 7 heteroatoms. The van der Waals surface area contributed by atoms with Gasteiger partial charge in [-0.3, -0.25) is 9.59 Å². The lowest BCUT2D eigenvalue weighted by Gasteiger charge is -2.35. The van der Waals surface area contributed by atoms with Gasteiger partial charge < -0.3 is 10.2 Å². The maximum atomic E-state index is 13.2. The van der Waals surface area contributed by atoms with Gasteiger partial charge in [0.15, 0.2) is 0 Å². The van der Waals surface area contributed by atoms with Gasteiger partial charge in [0.05, 0.1) is 28.2 Å². The molecule has 0 spiro atoms. The van der Waals surface area contributed by atoms with Gasteiger partial charge >= 0.3 is 0 Å². The molecule has 2 aliphatic rings. The molecule has 4 heterocycles. The van der Waals surface area contributed by atoms with E-state index in [1.165, 1.54) is 11.3 Å². The van der Waals surface area contributed by atoms with E-state index in [1.54, 1.807) is 0 Å². The van der Waals surface area contributed by atoms with Crippen molar-refractivity contribution < 1.29 is 9.59 Å². The maximum absolute atomic E-state index is 13.2. The van der Waals surface area contributed by atoms with E-state index in [0.717, 1.165) is 39.3 Å². The Kier molecular flexibility index (Phi) is 3.79. The molecule has 0 aliphatic carbocycles. The van der Waals surface area contributed by atoms with Gasteiger partial charge in [0.2, 0.25) is 5.91 Å². The Balaban J connectivity index is 1.52. The number of rotatable bonds is 2. The van der Waals surface area contributed by atoms with Gasteiger partial charge in [-0.05, 0) is 38.0 Å². The fourth-order valence-corrected chi connectivity index (χ4v) is 5.38. The van der Waals surface area contributed by atoms with Crippen molar-refractivity contribution in [3.63, 3.8) is 0 Å². The molecule has 0 radical (unpaired) electrons. The largest absolute Gasteiger partial charge is 0.354 e. The van der Waals surface area contributed by atoms with Crippen LogP contribution in [-0.4, -0.2) is 45.6 Å². The topological polar surface area (TPSA) is 67.2 Å². The van der Waals surface area contributed by atoms with Crippen molar-refractivity contribution in [2.45, 2.75) is 25.8 Å². The molecule has 1 N–H and O–H groups in total. The monoisotopic (exact) mass is 380 g/mol. The number of para-hydroxylation sites is 1. The zero-order valence-electron chi connectivity index (χ0n) is 15.0. The van der Waals surface area contributed by atoms with Crippen LogP contribution in [0.1, 0.15) is 28.2 Å². The zero-order valence-corrected chi connectivity index (χ0v) is 15.8. The number of piperidine rings is 1. The number of nitrogens with zero attached hydrogens (tertiary/aromatic N) is 3. The lowest BCUT2D eigenvalue weighted by atomic mass is 9.91. The number of aromatic nitrogens is 2. The van der Waals surface area contributed by atoms with Gasteiger partial charge in [0, 0.05) is 18.5 Å². The van der Waals surface area contributed by atoms with Gasteiger partial charge in [0.25, 0.3) is 5.91 Å². The summed E-state index contributed by atoms with van der Waals surface area (Å²) in [5, 5.41) is 8.57.